The number of aromatic nitrogens is 4. The molecule has 94 valence electrons. The summed E-state index contributed by atoms with van der Waals surface area (Å²) >= 11 is 1.27. The molecule has 0 radical (unpaired) electrons. The standard InChI is InChI=1S/C11H13N5OS/c1-3-7-14-9(12)6(2)10(15-7)18-11-13-5-4-8(17)16-11/h4-5H,3H2,1-2H3,(H2,12,14,15)(H,13,16,17). The average Bonchev–Trinajstić information content (AvgIpc) is 2.34. The molecule has 2 aromatic rings. The molecule has 0 fully saturated rings. The van der Waals surface area contributed by atoms with Gasteiger partial charge in [0.1, 0.15) is 16.7 Å². The quantitative estimate of drug-likeness (QED) is 0.637. The highest BCUT2D eigenvalue weighted by Gasteiger charge is 2.10. The molecule has 0 bridgehead atoms. The molecule has 0 spiro atoms. The number of aryl methyl sites for hydroxylation is 1. The summed E-state index contributed by atoms with van der Waals surface area (Å²) < 4.78 is 0. The van der Waals surface area contributed by atoms with Crippen LogP contribution in [0.3, 0.4) is 0 Å². The molecule has 0 saturated heterocycles. The number of nitrogens with zero attached hydrogens (tertiary/aromatic N) is 3. The first-order valence-corrected chi connectivity index (χ1v) is 6.28. The third-order valence-corrected chi connectivity index (χ3v) is 3.33. The molecule has 2 heterocycles. The van der Waals surface area contributed by atoms with Crippen LogP contribution in [0, 0.1) is 6.92 Å². The maximum Gasteiger partial charge on any atom is 0.251 e. The van der Waals surface area contributed by atoms with Gasteiger partial charge in [0, 0.05) is 24.2 Å². The number of nitrogens with one attached hydrogen (secondary N) is 1. The highest BCUT2D eigenvalue weighted by atomic mass is 32.2. The van der Waals surface area contributed by atoms with Crippen LogP contribution in [0.2, 0.25) is 0 Å². The molecular formula is C11H13N5OS. The van der Waals surface area contributed by atoms with Gasteiger partial charge in [0.2, 0.25) is 0 Å². The molecule has 2 aromatic heterocycles. The largest absolute Gasteiger partial charge is 0.383 e. The number of nitrogen functional groups attached to an aromatic ring is 1. The van der Waals surface area contributed by atoms with E-state index in [1.165, 1.54) is 24.0 Å². The summed E-state index contributed by atoms with van der Waals surface area (Å²) in [7, 11) is 0. The monoisotopic (exact) mass is 263 g/mol. The topological polar surface area (TPSA) is 97.5 Å². The molecule has 0 aliphatic carbocycles. The number of hydrogen-bond donors (Lipinski definition) is 2. The summed E-state index contributed by atoms with van der Waals surface area (Å²) in [6.07, 6.45) is 2.17. The summed E-state index contributed by atoms with van der Waals surface area (Å²) in [5.74, 6) is 1.14. The van der Waals surface area contributed by atoms with Crippen molar-refractivity contribution in [2.24, 2.45) is 0 Å². The second kappa shape index (κ2) is 5.18. The van der Waals surface area contributed by atoms with Crippen molar-refractivity contribution in [3.8, 4) is 0 Å². The molecule has 0 amide bonds. The van der Waals surface area contributed by atoms with E-state index in [0.717, 1.165) is 5.56 Å². The first-order chi connectivity index (χ1) is 8.60. The third-order valence-electron chi connectivity index (χ3n) is 2.34. The van der Waals surface area contributed by atoms with Gasteiger partial charge in [0.15, 0.2) is 5.16 Å². The van der Waals surface area contributed by atoms with Crippen LogP contribution in [-0.4, -0.2) is 19.9 Å². The van der Waals surface area contributed by atoms with Crippen LogP contribution >= 0.6 is 11.8 Å². The lowest BCUT2D eigenvalue weighted by Gasteiger charge is -2.07. The van der Waals surface area contributed by atoms with Crippen LogP contribution in [0.15, 0.2) is 27.2 Å². The molecule has 3 N–H and O–H groups in total. The van der Waals surface area contributed by atoms with Crippen LogP contribution in [0.4, 0.5) is 5.82 Å². The Bertz CT molecular complexity index is 625. The summed E-state index contributed by atoms with van der Waals surface area (Å²) in [5.41, 5.74) is 6.43. The number of rotatable bonds is 3. The van der Waals surface area contributed by atoms with Gasteiger partial charge < -0.3 is 10.7 Å². The minimum Gasteiger partial charge on any atom is -0.383 e. The van der Waals surface area contributed by atoms with Crippen LogP contribution in [0.25, 0.3) is 0 Å². The molecule has 0 aliphatic rings. The maximum absolute atomic E-state index is 11.2. The SMILES string of the molecule is CCc1nc(N)c(C)c(Sc2nccc(=O)[nH]2)n1. The number of nitrogens with two attached hydrogens (primary N) is 1. The van der Waals surface area contributed by atoms with E-state index in [4.69, 9.17) is 5.73 Å². The summed E-state index contributed by atoms with van der Waals surface area (Å²) in [4.78, 5) is 26.4. The molecule has 2 rings (SSSR count). The Morgan fingerprint density at radius 2 is 2.22 bits per heavy atom. The molecule has 0 aliphatic heterocycles. The zero-order chi connectivity index (χ0) is 13.1. The van der Waals surface area contributed by atoms with Gasteiger partial charge in [-0.25, -0.2) is 15.0 Å². The van der Waals surface area contributed by atoms with Crippen LogP contribution < -0.4 is 11.3 Å². The second-order valence-corrected chi connectivity index (χ2v) is 4.63. The van der Waals surface area contributed by atoms with E-state index in [-0.39, 0.29) is 5.56 Å². The number of anilines is 1. The summed E-state index contributed by atoms with van der Waals surface area (Å²) in [6, 6.07) is 1.36. The van der Waals surface area contributed by atoms with E-state index in [1.807, 2.05) is 13.8 Å². The fourth-order valence-corrected chi connectivity index (χ4v) is 2.17. The first-order valence-electron chi connectivity index (χ1n) is 5.46. The van der Waals surface area contributed by atoms with Crippen molar-refractivity contribution in [2.45, 2.75) is 30.5 Å². The van der Waals surface area contributed by atoms with E-state index >= 15 is 0 Å². The van der Waals surface area contributed by atoms with Gasteiger partial charge >= 0.3 is 0 Å². The Labute approximate surface area is 108 Å². The molecular weight excluding hydrogens is 250 g/mol. The number of hydrogen-bond acceptors (Lipinski definition) is 6. The van der Waals surface area contributed by atoms with E-state index in [0.29, 0.717) is 28.2 Å². The van der Waals surface area contributed by atoms with Gasteiger partial charge in [-0.1, -0.05) is 6.92 Å². The van der Waals surface area contributed by atoms with E-state index in [9.17, 15) is 4.79 Å². The normalized spacial score (nSPS) is 10.6. The zero-order valence-electron chi connectivity index (χ0n) is 10.1. The third kappa shape index (κ3) is 2.67. The highest BCUT2D eigenvalue weighted by Crippen LogP contribution is 2.27. The number of aromatic amines is 1. The molecule has 6 nitrogen and oxygen atoms in total. The average molecular weight is 263 g/mol. The Kier molecular flexibility index (Phi) is 3.61. The number of H-pyrrole nitrogens is 1. The van der Waals surface area contributed by atoms with Crippen molar-refractivity contribution < 1.29 is 0 Å². The van der Waals surface area contributed by atoms with Gasteiger partial charge in [0.25, 0.3) is 5.56 Å². The molecule has 0 aromatic carbocycles. The lowest BCUT2D eigenvalue weighted by Crippen LogP contribution is -2.07. The van der Waals surface area contributed by atoms with Gasteiger partial charge in [-0.05, 0) is 18.7 Å². The molecule has 18 heavy (non-hydrogen) atoms. The van der Waals surface area contributed by atoms with Gasteiger partial charge in [-0.15, -0.1) is 0 Å². The Morgan fingerprint density at radius 1 is 1.44 bits per heavy atom. The fraction of sp³-hybridized carbons (Fsp3) is 0.273. The smallest absolute Gasteiger partial charge is 0.251 e. The van der Waals surface area contributed by atoms with Crippen LogP contribution in [0.1, 0.15) is 18.3 Å². The Balaban J connectivity index is 2.39. The van der Waals surface area contributed by atoms with Crippen molar-refractivity contribution in [1.82, 2.24) is 19.9 Å². The molecule has 0 unspecified atom stereocenters. The Morgan fingerprint density at radius 3 is 2.89 bits per heavy atom. The van der Waals surface area contributed by atoms with Crippen molar-refractivity contribution in [1.29, 1.82) is 0 Å². The molecule has 7 heteroatoms. The minimum absolute atomic E-state index is 0.192. The minimum atomic E-state index is -0.192. The summed E-state index contributed by atoms with van der Waals surface area (Å²) in [6.45, 7) is 3.80. The second-order valence-electron chi connectivity index (χ2n) is 3.65. The molecule has 0 saturated carbocycles. The predicted octanol–water partition coefficient (Wildman–Crippen LogP) is 1.16. The van der Waals surface area contributed by atoms with Gasteiger partial charge in [0.05, 0.1) is 0 Å². The van der Waals surface area contributed by atoms with Crippen molar-refractivity contribution in [3.05, 3.63) is 34.0 Å². The van der Waals surface area contributed by atoms with Crippen molar-refractivity contribution >= 4 is 17.6 Å². The van der Waals surface area contributed by atoms with E-state index in [2.05, 4.69) is 19.9 Å². The lowest BCUT2D eigenvalue weighted by atomic mass is 10.3. The fourth-order valence-electron chi connectivity index (χ4n) is 1.31. The highest BCUT2D eigenvalue weighted by molar-refractivity contribution is 7.99. The van der Waals surface area contributed by atoms with Gasteiger partial charge in [-0.2, -0.15) is 0 Å². The lowest BCUT2D eigenvalue weighted by molar-refractivity contribution is 0.869. The zero-order valence-corrected chi connectivity index (χ0v) is 10.9. The maximum atomic E-state index is 11.2. The Hall–Kier alpha value is -1.89. The van der Waals surface area contributed by atoms with Crippen molar-refractivity contribution in [2.75, 3.05) is 5.73 Å². The molecule has 0 atom stereocenters. The van der Waals surface area contributed by atoms with Crippen LogP contribution in [-0.2, 0) is 6.42 Å². The van der Waals surface area contributed by atoms with Crippen molar-refractivity contribution in [3.63, 3.8) is 0 Å². The first kappa shape index (κ1) is 12.6. The van der Waals surface area contributed by atoms with E-state index < -0.39 is 0 Å². The van der Waals surface area contributed by atoms with Crippen LogP contribution in [0.5, 0.6) is 0 Å². The predicted molar refractivity (Wildman–Crippen MR) is 69.5 cm³/mol. The van der Waals surface area contributed by atoms with E-state index in [1.54, 1.807) is 0 Å². The summed E-state index contributed by atoms with van der Waals surface area (Å²) in [5, 5.41) is 1.21. The van der Waals surface area contributed by atoms with Gasteiger partial charge in [-0.3, -0.25) is 4.79 Å².